The summed E-state index contributed by atoms with van der Waals surface area (Å²) in [7, 11) is 0. The first kappa shape index (κ1) is 19.6. The van der Waals surface area contributed by atoms with Crippen LogP contribution in [-0.4, -0.2) is 24.3 Å². The Morgan fingerprint density at radius 1 is 1.14 bits per heavy atom. The van der Waals surface area contributed by atoms with Gasteiger partial charge in [-0.3, -0.25) is 9.59 Å². The van der Waals surface area contributed by atoms with Gasteiger partial charge in [0.15, 0.2) is 5.78 Å². The minimum Gasteiger partial charge on any atom is -0.348 e. The number of amides is 1. The summed E-state index contributed by atoms with van der Waals surface area (Å²) in [5.74, 6) is 0.418. The van der Waals surface area contributed by atoms with E-state index >= 15 is 0 Å². The summed E-state index contributed by atoms with van der Waals surface area (Å²) < 4.78 is 0. The Labute approximate surface area is 132 Å². The van der Waals surface area contributed by atoms with E-state index in [9.17, 15) is 9.59 Å². The van der Waals surface area contributed by atoms with Crippen molar-refractivity contribution in [3.63, 3.8) is 0 Å². The second kappa shape index (κ2) is 9.53. The molecule has 21 heavy (non-hydrogen) atoms. The molecule has 0 radical (unpaired) electrons. The largest absolute Gasteiger partial charge is 0.348 e. The van der Waals surface area contributed by atoms with Gasteiger partial charge in [0, 0.05) is 30.1 Å². The quantitative estimate of drug-likeness (QED) is 0.760. The zero-order chi connectivity index (χ0) is 15.1. The molecule has 0 aliphatic heterocycles. The van der Waals surface area contributed by atoms with Crippen LogP contribution in [0.1, 0.15) is 54.3 Å². The van der Waals surface area contributed by atoms with Crippen LogP contribution >= 0.6 is 12.4 Å². The van der Waals surface area contributed by atoms with Crippen LogP contribution in [0.3, 0.4) is 0 Å². The molecule has 1 aromatic rings. The monoisotopic (exact) mass is 312 g/mol. The van der Waals surface area contributed by atoms with E-state index < -0.39 is 0 Å². The number of benzene rings is 1. The Kier molecular flexibility index (Phi) is 8.90. The lowest BCUT2D eigenvalue weighted by molar-refractivity contribution is 0.0931. The summed E-state index contributed by atoms with van der Waals surface area (Å²) in [6.45, 7) is 6.44. The van der Waals surface area contributed by atoms with Crippen molar-refractivity contribution in [3.8, 4) is 0 Å². The van der Waals surface area contributed by atoms with Gasteiger partial charge in [0.05, 0.1) is 0 Å². The summed E-state index contributed by atoms with van der Waals surface area (Å²) in [4.78, 5) is 23.6. The first-order chi connectivity index (χ1) is 9.47. The number of nitrogens with two attached hydrogens (primary N) is 1. The van der Waals surface area contributed by atoms with Gasteiger partial charge in [-0.15, -0.1) is 12.4 Å². The highest BCUT2D eigenvalue weighted by molar-refractivity contribution is 5.98. The Bertz CT molecular complexity index is 458. The number of carbonyl (C=O) groups excluding carboxylic acids is 2. The lowest BCUT2D eigenvalue weighted by atomic mass is 10.0. The fraction of sp³-hybridized carbons (Fsp3) is 0.500. The van der Waals surface area contributed by atoms with Crippen molar-refractivity contribution in [2.75, 3.05) is 6.54 Å². The third-order valence-electron chi connectivity index (χ3n) is 3.17. The Morgan fingerprint density at radius 2 is 1.67 bits per heavy atom. The molecule has 1 unspecified atom stereocenters. The van der Waals surface area contributed by atoms with Crippen molar-refractivity contribution in [1.82, 2.24) is 5.32 Å². The normalized spacial score (nSPS) is 11.7. The Morgan fingerprint density at radius 3 is 2.10 bits per heavy atom. The molecule has 0 aliphatic carbocycles. The van der Waals surface area contributed by atoms with Crippen LogP contribution in [0.25, 0.3) is 0 Å². The van der Waals surface area contributed by atoms with Crippen LogP contribution in [-0.2, 0) is 0 Å². The van der Waals surface area contributed by atoms with Gasteiger partial charge >= 0.3 is 0 Å². The SMILES string of the molecule is CCC(=O)c1ccc(C(=O)NC(CN)CC(C)C)cc1.Cl. The maximum atomic E-state index is 12.1. The maximum Gasteiger partial charge on any atom is 0.251 e. The third kappa shape index (κ3) is 6.27. The van der Waals surface area contributed by atoms with Crippen molar-refractivity contribution in [2.45, 2.75) is 39.7 Å². The maximum absolute atomic E-state index is 12.1. The van der Waals surface area contributed by atoms with E-state index in [1.165, 1.54) is 0 Å². The van der Waals surface area contributed by atoms with Crippen LogP contribution in [0.5, 0.6) is 0 Å². The lowest BCUT2D eigenvalue weighted by Crippen LogP contribution is -2.41. The molecule has 0 bridgehead atoms. The van der Waals surface area contributed by atoms with Crippen LogP contribution < -0.4 is 11.1 Å². The summed E-state index contributed by atoms with van der Waals surface area (Å²) in [5, 5.41) is 2.93. The van der Waals surface area contributed by atoms with Crippen LogP contribution in [0.15, 0.2) is 24.3 Å². The van der Waals surface area contributed by atoms with E-state index in [1.54, 1.807) is 24.3 Å². The zero-order valence-corrected chi connectivity index (χ0v) is 13.7. The number of rotatable bonds is 7. The topological polar surface area (TPSA) is 72.2 Å². The number of ketones is 1. The van der Waals surface area contributed by atoms with Gasteiger partial charge < -0.3 is 11.1 Å². The number of hydrogen-bond acceptors (Lipinski definition) is 3. The molecule has 3 N–H and O–H groups in total. The molecule has 0 saturated heterocycles. The molecule has 1 atom stereocenters. The molecule has 1 rings (SSSR count). The molecular formula is C16H25ClN2O2. The molecule has 0 fully saturated rings. The number of carbonyl (C=O) groups is 2. The average molecular weight is 313 g/mol. The van der Waals surface area contributed by atoms with Crippen molar-refractivity contribution >= 4 is 24.1 Å². The van der Waals surface area contributed by atoms with Gasteiger partial charge in [-0.1, -0.05) is 32.9 Å². The standard InChI is InChI=1S/C16H24N2O2.ClH/c1-4-15(19)12-5-7-13(8-6-12)16(20)18-14(10-17)9-11(2)3;/h5-8,11,14H,4,9-10,17H2,1-3H3,(H,18,20);1H. The van der Waals surface area contributed by atoms with Crippen LogP contribution in [0.4, 0.5) is 0 Å². The highest BCUT2D eigenvalue weighted by Crippen LogP contribution is 2.09. The molecular weight excluding hydrogens is 288 g/mol. The van der Waals surface area contributed by atoms with E-state index in [2.05, 4.69) is 19.2 Å². The van der Waals surface area contributed by atoms with E-state index in [0.29, 0.717) is 30.0 Å². The predicted octanol–water partition coefficient (Wildman–Crippen LogP) is 2.80. The lowest BCUT2D eigenvalue weighted by Gasteiger charge is -2.18. The third-order valence-corrected chi connectivity index (χ3v) is 3.17. The second-order valence-corrected chi connectivity index (χ2v) is 5.39. The highest BCUT2D eigenvalue weighted by atomic mass is 35.5. The molecule has 4 nitrogen and oxygen atoms in total. The Balaban J connectivity index is 0.00000400. The summed E-state index contributed by atoms with van der Waals surface area (Å²) in [5.41, 5.74) is 6.87. The molecule has 0 aromatic heterocycles. The molecule has 1 aromatic carbocycles. The van der Waals surface area contributed by atoms with E-state index in [-0.39, 0.29) is 30.1 Å². The average Bonchev–Trinajstić information content (AvgIpc) is 2.45. The van der Waals surface area contributed by atoms with Gasteiger partial charge in [-0.25, -0.2) is 0 Å². The van der Waals surface area contributed by atoms with Crippen molar-refractivity contribution in [3.05, 3.63) is 35.4 Å². The van der Waals surface area contributed by atoms with E-state index in [4.69, 9.17) is 5.73 Å². The van der Waals surface area contributed by atoms with Gasteiger partial charge in [0.1, 0.15) is 0 Å². The van der Waals surface area contributed by atoms with Crippen LogP contribution in [0, 0.1) is 5.92 Å². The van der Waals surface area contributed by atoms with Crippen molar-refractivity contribution in [2.24, 2.45) is 11.7 Å². The van der Waals surface area contributed by atoms with Crippen molar-refractivity contribution < 1.29 is 9.59 Å². The molecule has 0 heterocycles. The number of hydrogen-bond donors (Lipinski definition) is 2. The molecule has 0 saturated carbocycles. The molecule has 118 valence electrons. The van der Waals surface area contributed by atoms with E-state index in [1.807, 2.05) is 6.92 Å². The van der Waals surface area contributed by atoms with E-state index in [0.717, 1.165) is 6.42 Å². The molecule has 5 heteroatoms. The van der Waals surface area contributed by atoms with Gasteiger partial charge in [-0.2, -0.15) is 0 Å². The smallest absolute Gasteiger partial charge is 0.251 e. The van der Waals surface area contributed by atoms with Crippen LogP contribution in [0.2, 0.25) is 0 Å². The zero-order valence-electron chi connectivity index (χ0n) is 12.9. The molecule has 0 spiro atoms. The number of Topliss-reactive ketones (excluding diaryl/α,β-unsaturated/α-hetero) is 1. The number of nitrogens with one attached hydrogen (secondary N) is 1. The first-order valence-corrected chi connectivity index (χ1v) is 7.12. The van der Waals surface area contributed by atoms with Gasteiger partial charge in [0.25, 0.3) is 5.91 Å². The fourth-order valence-corrected chi connectivity index (χ4v) is 2.06. The van der Waals surface area contributed by atoms with Gasteiger partial charge in [-0.05, 0) is 24.5 Å². The first-order valence-electron chi connectivity index (χ1n) is 7.12. The Hall–Kier alpha value is -1.39. The second-order valence-electron chi connectivity index (χ2n) is 5.39. The predicted molar refractivity (Wildman–Crippen MR) is 88.1 cm³/mol. The highest BCUT2D eigenvalue weighted by Gasteiger charge is 2.14. The number of halogens is 1. The fourth-order valence-electron chi connectivity index (χ4n) is 2.06. The van der Waals surface area contributed by atoms with Gasteiger partial charge in [0.2, 0.25) is 0 Å². The summed E-state index contributed by atoms with van der Waals surface area (Å²) in [6, 6.07) is 6.74. The molecule has 1 amide bonds. The summed E-state index contributed by atoms with van der Waals surface area (Å²) >= 11 is 0. The molecule has 0 aliphatic rings. The summed E-state index contributed by atoms with van der Waals surface area (Å²) in [6.07, 6.45) is 1.32. The minimum absolute atomic E-state index is 0. The van der Waals surface area contributed by atoms with Crippen molar-refractivity contribution in [1.29, 1.82) is 0 Å². The minimum atomic E-state index is -0.142.